The molecule has 1 aromatic heterocycles. The monoisotopic (exact) mass is 325 g/mol. The van der Waals surface area contributed by atoms with Gasteiger partial charge < -0.3 is 20.4 Å². The van der Waals surface area contributed by atoms with Crippen molar-refractivity contribution in [3.05, 3.63) is 47.0 Å². The smallest absolute Gasteiger partial charge is 0.256 e. The third kappa shape index (κ3) is 2.77. The van der Waals surface area contributed by atoms with Crippen molar-refractivity contribution in [2.75, 3.05) is 26.0 Å². The zero-order chi connectivity index (χ0) is 17.1. The van der Waals surface area contributed by atoms with Gasteiger partial charge >= 0.3 is 0 Å². The second kappa shape index (κ2) is 6.60. The third-order valence-electron chi connectivity index (χ3n) is 3.64. The first-order valence-corrected chi connectivity index (χ1v) is 7.36. The Bertz CT molecular complexity index is 887. The van der Waals surface area contributed by atoms with E-state index in [9.17, 15) is 9.18 Å². The first kappa shape index (κ1) is 15.8. The van der Waals surface area contributed by atoms with Crippen LogP contribution >= 0.6 is 0 Å². The van der Waals surface area contributed by atoms with Crippen LogP contribution in [0, 0.1) is 17.7 Å². The van der Waals surface area contributed by atoms with Gasteiger partial charge in [0.2, 0.25) is 0 Å². The van der Waals surface area contributed by atoms with E-state index in [1.807, 2.05) is 0 Å². The highest BCUT2D eigenvalue weighted by Crippen LogP contribution is 2.37. The van der Waals surface area contributed by atoms with Crippen LogP contribution in [0.5, 0.6) is 5.75 Å². The van der Waals surface area contributed by atoms with E-state index in [4.69, 9.17) is 4.74 Å². The molecule has 122 valence electrons. The number of ether oxygens (including phenoxy) is 1. The van der Waals surface area contributed by atoms with Gasteiger partial charge in [-0.2, -0.15) is 0 Å². The Morgan fingerprint density at radius 3 is 2.96 bits per heavy atom. The highest BCUT2D eigenvalue weighted by molar-refractivity contribution is 6.35. The number of halogens is 1. The quantitative estimate of drug-likeness (QED) is 0.599. The van der Waals surface area contributed by atoms with E-state index in [0.717, 1.165) is 0 Å². The predicted octanol–water partition coefficient (Wildman–Crippen LogP) is 2.23. The SMILES string of the molecule is CNCC#Cc1c(F)ccc2c1/C(=C/c1[nH]ccc1OC)C(=O)N2. The van der Waals surface area contributed by atoms with Gasteiger partial charge in [-0.1, -0.05) is 11.8 Å². The molecule has 0 saturated carbocycles. The van der Waals surface area contributed by atoms with Gasteiger partial charge in [-0.05, 0) is 31.3 Å². The molecule has 0 bridgehead atoms. The molecule has 0 saturated heterocycles. The van der Waals surface area contributed by atoms with Crippen molar-refractivity contribution < 1.29 is 13.9 Å². The molecule has 1 aliphatic heterocycles. The van der Waals surface area contributed by atoms with E-state index >= 15 is 0 Å². The van der Waals surface area contributed by atoms with Gasteiger partial charge in [0, 0.05) is 11.8 Å². The van der Waals surface area contributed by atoms with Crippen LogP contribution in [-0.2, 0) is 4.79 Å². The molecule has 1 aromatic carbocycles. The summed E-state index contributed by atoms with van der Waals surface area (Å²) in [6.45, 7) is 0.425. The molecule has 3 N–H and O–H groups in total. The number of amides is 1. The van der Waals surface area contributed by atoms with Crippen LogP contribution in [0.4, 0.5) is 10.1 Å². The van der Waals surface area contributed by atoms with Crippen molar-refractivity contribution in [1.29, 1.82) is 0 Å². The molecule has 5 nitrogen and oxygen atoms in total. The number of aromatic nitrogens is 1. The molecule has 0 atom stereocenters. The number of rotatable bonds is 3. The summed E-state index contributed by atoms with van der Waals surface area (Å²) < 4.78 is 19.5. The van der Waals surface area contributed by atoms with Crippen LogP contribution in [0.1, 0.15) is 16.8 Å². The fraction of sp³-hybridized carbons (Fsp3) is 0.167. The number of carbonyl (C=O) groups is 1. The van der Waals surface area contributed by atoms with E-state index in [-0.39, 0.29) is 11.5 Å². The average Bonchev–Trinajstić information content (AvgIpc) is 3.15. The van der Waals surface area contributed by atoms with Gasteiger partial charge in [-0.15, -0.1) is 0 Å². The maximum atomic E-state index is 14.3. The Hall–Kier alpha value is -3.04. The molecule has 0 unspecified atom stereocenters. The molecule has 0 radical (unpaired) electrons. The Morgan fingerprint density at radius 1 is 1.38 bits per heavy atom. The molecule has 24 heavy (non-hydrogen) atoms. The third-order valence-corrected chi connectivity index (χ3v) is 3.64. The lowest BCUT2D eigenvalue weighted by atomic mass is 9.99. The van der Waals surface area contributed by atoms with Crippen LogP contribution < -0.4 is 15.4 Å². The highest BCUT2D eigenvalue weighted by Gasteiger charge is 2.28. The van der Waals surface area contributed by atoms with Crippen LogP contribution in [-0.4, -0.2) is 31.6 Å². The van der Waals surface area contributed by atoms with Crippen molar-refractivity contribution >= 4 is 23.2 Å². The Labute approximate surface area is 138 Å². The van der Waals surface area contributed by atoms with E-state index < -0.39 is 5.82 Å². The van der Waals surface area contributed by atoms with Crippen LogP contribution in [0.15, 0.2) is 24.4 Å². The van der Waals surface area contributed by atoms with Gasteiger partial charge in [0.1, 0.15) is 11.6 Å². The fourth-order valence-corrected chi connectivity index (χ4v) is 2.55. The van der Waals surface area contributed by atoms with Gasteiger partial charge in [0.05, 0.1) is 36.2 Å². The summed E-state index contributed by atoms with van der Waals surface area (Å²) in [7, 11) is 3.30. The van der Waals surface area contributed by atoms with E-state index in [1.54, 1.807) is 38.6 Å². The van der Waals surface area contributed by atoms with Crippen LogP contribution in [0.25, 0.3) is 11.6 Å². The second-order valence-electron chi connectivity index (χ2n) is 5.15. The van der Waals surface area contributed by atoms with Crippen molar-refractivity contribution in [1.82, 2.24) is 10.3 Å². The molecular formula is C18H16FN3O2. The Morgan fingerprint density at radius 2 is 2.21 bits per heavy atom. The normalized spacial score (nSPS) is 14.1. The maximum absolute atomic E-state index is 14.3. The summed E-state index contributed by atoms with van der Waals surface area (Å²) >= 11 is 0. The molecule has 3 rings (SSSR count). The zero-order valence-electron chi connectivity index (χ0n) is 13.3. The number of benzene rings is 1. The topological polar surface area (TPSA) is 66.1 Å². The minimum absolute atomic E-state index is 0.206. The van der Waals surface area contributed by atoms with E-state index in [1.165, 1.54) is 6.07 Å². The van der Waals surface area contributed by atoms with Crippen molar-refractivity contribution in [3.63, 3.8) is 0 Å². The fourth-order valence-electron chi connectivity index (χ4n) is 2.55. The lowest BCUT2D eigenvalue weighted by Gasteiger charge is -2.04. The summed E-state index contributed by atoms with van der Waals surface area (Å²) in [6, 6.07) is 4.60. The van der Waals surface area contributed by atoms with Crippen molar-refractivity contribution in [3.8, 4) is 17.6 Å². The Balaban J connectivity index is 2.15. The molecular weight excluding hydrogens is 309 g/mol. The molecule has 1 aliphatic rings. The first-order valence-electron chi connectivity index (χ1n) is 7.36. The highest BCUT2D eigenvalue weighted by atomic mass is 19.1. The number of fused-ring (bicyclic) bond motifs is 1. The maximum Gasteiger partial charge on any atom is 0.256 e. The van der Waals surface area contributed by atoms with E-state index in [0.29, 0.717) is 34.8 Å². The molecule has 6 heteroatoms. The molecule has 0 fully saturated rings. The lowest BCUT2D eigenvalue weighted by molar-refractivity contribution is -0.110. The summed E-state index contributed by atoms with van der Waals surface area (Å²) in [5.41, 5.74) is 2.21. The molecule has 1 amide bonds. The minimum Gasteiger partial charge on any atom is -0.495 e. The first-order chi connectivity index (χ1) is 11.7. The summed E-state index contributed by atoms with van der Waals surface area (Å²) in [4.78, 5) is 15.3. The second-order valence-corrected chi connectivity index (χ2v) is 5.15. The number of hydrogen-bond donors (Lipinski definition) is 3. The number of hydrogen-bond acceptors (Lipinski definition) is 3. The standard InChI is InChI=1S/C18H16FN3O2/c1-20-8-3-4-11-13(19)5-6-14-17(11)12(18(23)22-14)10-15-16(24-2)7-9-21-15/h5-7,9-10,20-21H,8H2,1-2H3,(H,22,23)/b12-10-. The summed E-state index contributed by atoms with van der Waals surface area (Å²) in [5.74, 6) is 5.49. The number of H-pyrrole nitrogens is 1. The number of carbonyl (C=O) groups excluding carboxylic acids is 1. The number of anilines is 1. The van der Waals surface area contributed by atoms with Crippen molar-refractivity contribution in [2.45, 2.75) is 0 Å². The Kier molecular flexibility index (Phi) is 4.36. The largest absolute Gasteiger partial charge is 0.495 e. The van der Waals surface area contributed by atoms with Gasteiger partial charge in [0.25, 0.3) is 5.91 Å². The number of nitrogens with one attached hydrogen (secondary N) is 3. The number of methoxy groups -OCH3 is 1. The molecule has 2 heterocycles. The average molecular weight is 325 g/mol. The van der Waals surface area contributed by atoms with Gasteiger partial charge in [0.15, 0.2) is 0 Å². The van der Waals surface area contributed by atoms with Crippen LogP contribution in [0.2, 0.25) is 0 Å². The van der Waals surface area contributed by atoms with E-state index in [2.05, 4.69) is 27.5 Å². The summed E-state index contributed by atoms with van der Waals surface area (Å²) in [5, 5.41) is 5.63. The number of aromatic amines is 1. The zero-order valence-corrected chi connectivity index (χ0v) is 13.3. The van der Waals surface area contributed by atoms with Crippen LogP contribution in [0.3, 0.4) is 0 Å². The predicted molar refractivity (Wildman–Crippen MR) is 91.1 cm³/mol. The molecule has 2 aromatic rings. The molecule has 0 aliphatic carbocycles. The summed E-state index contributed by atoms with van der Waals surface area (Å²) in [6.07, 6.45) is 3.35. The minimum atomic E-state index is -0.460. The molecule has 0 spiro atoms. The van der Waals surface area contributed by atoms with Gasteiger partial charge in [-0.3, -0.25) is 4.79 Å². The van der Waals surface area contributed by atoms with Gasteiger partial charge in [-0.25, -0.2) is 4.39 Å². The lowest BCUT2D eigenvalue weighted by Crippen LogP contribution is -2.05. The van der Waals surface area contributed by atoms with Crippen molar-refractivity contribution in [2.24, 2.45) is 0 Å².